The fourth-order valence-corrected chi connectivity index (χ4v) is 3.05. The van der Waals surface area contributed by atoms with E-state index in [1.54, 1.807) is 6.07 Å². The lowest BCUT2D eigenvalue weighted by molar-refractivity contribution is -0.123. The predicted octanol–water partition coefficient (Wildman–Crippen LogP) is 3.38. The van der Waals surface area contributed by atoms with Crippen LogP contribution in [0.4, 0.5) is 0 Å². The van der Waals surface area contributed by atoms with Gasteiger partial charge in [0.05, 0.1) is 0 Å². The highest BCUT2D eigenvalue weighted by molar-refractivity contribution is 6.07. The Balaban J connectivity index is 1.43. The quantitative estimate of drug-likeness (QED) is 0.621. The molecule has 28 heavy (non-hydrogen) atoms. The van der Waals surface area contributed by atoms with Crippen LogP contribution in [0.3, 0.4) is 0 Å². The average Bonchev–Trinajstić information content (AvgIpc) is 2.70. The molecule has 0 saturated carbocycles. The molecule has 5 nitrogen and oxygen atoms in total. The molecular weight excluding hydrogens is 352 g/mol. The molecule has 0 bridgehead atoms. The van der Waals surface area contributed by atoms with Gasteiger partial charge in [-0.2, -0.15) is 0 Å². The fourth-order valence-electron chi connectivity index (χ4n) is 3.05. The molecule has 0 aliphatic rings. The van der Waals surface area contributed by atoms with E-state index < -0.39 is 0 Å². The minimum Gasteiger partial charge on any atom is -0.484 e. The van der Waals surface area contributed by atoms with Gasteiger partial charge in [0, 0.05) is 18.7 Å². The molecule has 0 atom stereocenters. The van der Waals surface area contributed by atoms with Crippen LogP contribution in [-0.4, -0.2) is 31.5 Å². The van der Waals surface area contributed by atoms with E-state index in [-0.39, 0.29) is 18.4 Å². The van der Waals surface area contributed by atoms with Crippen molar-refractivity contribution in [1.82, 2.24) is 10.6 Å². The second-order valence-corrected chi connectivity index (χ2v) is 6.69. The maximum absolute atomic E-state index is 12.4. The van der Waals surface area contributed by atoms with Gasteiger partial charge >= 0.3 is 0 Å². The molecule has 5 heteroatoms. The molecule has 3 aromatic rings. The van der Waals surface area contributed by atoms with Crippen LogP contribution in [0.5, 0.6) is 5.75 Å². The highest BCUT2D eigenvalue weighted by Crippen LogP contribution is 2.19. The first-order chi connectivity index (χ1) is 13.5. The van der Waals surface area contributed by atoms with E-state index in [0.29, 0.717) is 24.4 Å². The van der Waals surface area contributed by atoms with Gasteiger partial charge in [0.25, 0.3) is 11.8 Å². The summed E-state index contributed by atoms with van der Waals surface area (Å²) in [7, 11) is 0. The Morgan fingerprint density at radius 2 is 1.64 bits per heavy atom. The first kappa shape index (κ1) is 19.4. The van der Waals surface area contributed by atoms with Crippen LogP contribution in [-0.2, 0) is 4.79 Å². The van der Waals surface area contributed by atoms with Crippen molar-refractivity contribution in [3.63, 3.8) is 0 Å². The van der Waals surface area contributed by atoms with Crippen molar-refractivity contribution >= 4 is 22.6 Å². The Hall–Kier alpha value is -3.34. The highest BCUT2D eigenvalue weighted by atomic mass is 16.5. The normalized spacial score (nSPS) is 10.5. The van der Waals surface area contributed by atoms with Crippen molar-refractivity contribution in [1.29, 1.82) is 0 Å². The highest BCUT2D eigenvalue weighted by Gasteiger charge is 2.09. The molecule has 0 heterocycles. The van der Waals surface area contributed by atoms with E-state index in [1.165, 1.54) is 0 Å². The third-order valence-corrected chi connectivity index (χ3v) is 4.46. The van der Waals surface area contributed by atoms with E-state index in [0.717, 1.165) is 21.9 Å². The van der Waals surface area contributed by atoms with Crippen molar-refractivity contribution in [3.05, 3.63) is 77.4 Å². The number of hydrogen-bond donors (Lipinski definition) is 2. The van der Waals surface area contributed by atoms with Gasteiger partial charge in [-0.05, 0) is 42.3 Å². The number of ether oxygens (including phenoxy) is 1. The number of aryl methyl sites for hydroxylation is 2. The summed E-state index contributed by atoms with van der Waals surface area (Å²) in [5.41, 5.74) is 2.77. The zero-order chi connectivity index (χ0) is 19.9. The zero-order valence-electron chi connectivity index (χ0n) is 16.1. The van der Waals surface area contributed by atoms with Gasteiger partial charge < -0.3 is 15.4 Å². The van der Waals surface area contributed by atoms with Gasteiger partial charge in [0.2, 0.25) is 0 Å². The smallest absolute Gasteiger partial charge is 0.258 e. The van der Waals surface area contributed by atoms with Crippen molar-refractivity contribution < 1.29 is 14.3 Å². The summed E-state index contributed by atoms with van der Waals surface area (Å²) in [6.07, 6.45) is 0. The van der Waals surface area contributed by atoms with Crippen molar-refractivity contribution in [3.8, 4) is 5.75 Å². The van der Waals surface area contributed by atoms with E-state index in [9.17, 15) is 9.59 Å². The van der Waals surface area contributed by atoms with E-state index in [2.05, 4.69) is 10.6 Å². The lowest BCUT2D eigenvalue weighted by atomic mass is 10.0. The first-order valence-electron chi connectivity index (χ1n) is 9.27. The number of benzene rings is 3. The van der Waals surface area contributed by atoms with Crippen LogP contribution in [0.1, 0.15) is 21.5 Å². The van der Waals surface area contributed by atoms with E-state index >= 15 is 0 Å². The SMILES string of the molecule is Cc1ccc(OCC(=O)NCCNC(=O)c2cccc3ccccc23)c(C)c1. The molecule has 0 unspecified atom stereocenters. The molecule has 0 spiro atoms. The lowest BCUT2D eigenvalue weighted by Gasteiger charge is -2.11. The van der Waals surface area contributed by atoms with Crippen LogP contribution in [0.15, 0.2) is 60.7 Å². The summed E-state index contributed by atoms with van der Waals surface area (Å²) in [6.45, 7) is 4.59. The minimum atomic E-state index is -0.223. The standard InChI is InChI=1S/C23H24N2O3/c1-16-10-11-21(17(2)14-16)28-15-22(26)24-12-13-25-23(27)20-9-5-7-18-6-3-4-8-19(18)20/h3-11,14H,12-13,15H2,1-2H3,(H,24,26)(H,25,27). The van der Waals surface area contributed by atoms with Gasteiger partial charge in [0.15, 0.2) is 6.61 Å². The molecule has 0 aromatic heterocycles. The third kappa shape index (κ3) is 4.88. The molecule has 0 aliphatic carbocycles. The molecule has 0 saturated heterocycles. The predicted molar refractivity (Wildman–Crippen MR) is 111 cm³/mol. The van der Waals surface area contributed by atoms with E-state index in [4.69, 9.17) is 4.74 Å². The molecule has 3 rings (SSSR count). The number of carbonyl (C=O) groups excluding carboxylic acids is 2. The minimum absolute atomic E-state index is 0.0544. The monoisotopic (exact) mass is 376 g/mol. The number of amides is 2. The van der Waals surface area contributed by atoms with Crippen LogP contribution < -0.4 is 15.4 Å². The Kier molecular flexibility index (Phi) is 6.27. The van der Waals surface area contributed by atoms with Gasteiger partial charge in [-0.3, -0.25) is 9.59 Å². The molecule has 0 aliphatic heterocycles. The van der Waals surface area contributed by atoms with Crippen molar-refractivity contribution in [2.24, 2.45) is 0 Å². The zero-order valence-corrected chi connectivity index (χ0v) is 16.1. The maximum atomic E-state index is 12.4. The van der Waals surface area contributed by atoms with Crippen LogP contribution in [0, 0.1) is 13.8 Å². The average molecular weight is 376 g/mol. The van der Waals surface area contributed by atoms with Gasteiger partial charge in [0.1, 0.15) is 5.75 Å². The van der Waals surface area contributed by atoms with Gasteiger partial charge in [-0.25, -0.2) is 0 Å². The Morgan fingerprint density at radius 1 is 0.893 bits per heavy atom. The maximum Gasteiger partial charge on any atom is 0.258 e. The van der Waals surface area contributed by atoms with Gasteiger partial charge in [-0.1, -0.05) is 54.1 Å². The summed E-state index contributed by atoms with van der Waals surface area (Å²) in [5, 5.41) is 7.52. The summed E-state index contributed by atoms with van der Waals surface area (Å²) >= 11 is 0. The fraction of sp³-hybridized carbons (Fsp3) is 0.217. The van der Waals surface area contributed by atoms with Gasteiger partial charge in [-0.15, -0.1) is 0 Å². The summed E-state index contributed by atoms with van der Waals surface area (Å²) in [4.78, 5) is 24.4. The second kappa shape index (κ2) is 9.04. The number of hydrogen-bond acceptors (Lipinski definition) is 3. The largest absolute Gasteiger partial charge is 0.484 e. The number of nitrogens with one attached hydrogen (secondary N) is 2. The van der Waals surface area contributed by atoms with Crippen LogP contribution in [0.2, 0.25) is 0 Å². The Bertz CT molecular complexity index is 993. The molecule has 0 fully saturated rings. The summed E-state index contributed by atoms with van der Waals surface area (Å²) in [6, 6.07) is 19.2. The van der Waals surface area contributed by atoms with E-state index in [1.807, 2.05) is 68.4 Å². The van der Waals surface area contributed by atoms with Crippen molar-refractivity contribution in [2.75, 3.05) is 19.7 Å². The molecule has 144 valence electrons. The molecule has 3 aromatic carbocycles. The first-order valence-corrected chi connectivity index (χ1v) is 9.27. The summed E-state index contributed by atoms with van der Waals surface area (Å²) in [5.74, 6) is 0.321. The molecule has 2 N–H and O–H groups in total. The molecule has 0 radical (unpaired) electrons. The number of fused-ring (bicyclic) bond motifs is 1. The Morgan fingerprint density at radius 3 is 2.46 bits per heavy atom. The van der Waals surface area contributed by atoms with Crippen LogP contribution in [0.25, 0.3) is 10.8 Å². The topological polar surface area (TPSA) is 67.4 Å². The summed E-state index contributed by atoms with van der Waals surface area (Å²) < 4.78 is 5.55. The molecular formula is C23H24N2O3. The molecule has 2 amide bonds. The van der Waals surface area contributed by atoms with Crippen molar-refractivity contribution in [2.45, 2.75) is 13.8 Å². The number of carbonyl (C=O) groups is 2. The second-order valence-electron chi connectivity index (χ2n) is 6.69. The number of rotatable bonds is 7. The Labute approximate surface area is 164 Å². The lowest BCUT2D eigenvalue weighted by Crippen LogP contribution is -2.36. The van der Waals surface area contributed by atoms with Crippen LogP contribution >= 0.6 is 0 Å². The third-order valence-electron chi connectivity index (χ3n) is 4.46.